The molecule has 1 fully saturated rings. The van der Waals surface area contributed by atoms with Crippen LogP contribution in [0.3, 0.4) is 0 Å². The summed E-state index contributed by atoms with van der Waals surface area (Å²) < 4.78 is 5.36. The highest BCUT2D eigenvalue weighted by molar-refractivity contribution is 4.72. The Hall–Kier alpha value is -0.0800. The maximum Gasteiger partial charge on any atom is 0.0808 e. The van der Waals surface area contributed by atoms with Crippen LogP contribution in [0.5, 0.6) is 0 Å². The lowest BCUT2D eigenvalue weighted by Crippen LogP contribution is -2.30. The highest BCUT2D eigenvalue weighted by Gasteiger charge is 2.23. The summed E-state index contributed by atoms with van der Waals surface area (Å²) in [6, 6.07) is 0. The average molecular weight is 158 g/mol. The molecule has 0 amide bonds. The van der Waals surface area contributed by atoms with Crippen LogP contribution in [-0.4, -0.2) is 24.4 Å². The zero-order valence-corrected chi connectivity index (χ0v) is 7.42. The summed E-state index contributed by atoms with van der Waals surface area (Å²) in [6.45, 7) is 5.49. The maximum atomic E-state index is 8.87. The highest BCUT2D eigenvalue weighted by Crippen LogP contribution is 2.26. The van der Waals surface area contributed by atoms with Gasteiger partial charge in [0.05, 0.1) is 12.7 Å². The van der Waals surface area contributed by atoms with Gasteiger partial charge in [-0.3, -0.25) is 0 Å². The molecular weight excluding hydrogens is 140 g/mol. The van der Waals surface area contributed by atoms with Crippen LogP contribution < -0.4 is 0 Å². The molecule has 1 N–H and O–H groups in total. The van der Waals surface area contributed by atoms with Gasteiger partial charge in [0.2, 0.25) is 0 Å². The molecule has 0 aromatic carbocycles. The molecule has 0 aromatic rings. The minimum atomic E-state index is 0.108. The van der Waals surface area contributed by atoms with Gasteiger partial charge in [-0.25, -0.2) is 0 Å². The molecule has 2 heteroatoms. The number of rotatable bonds is 2. The highest BCUT2D eigenvalue weighted by atomic mass is 16.5. The fourth-order valence-electron chi connectivity index (χ4n) is 1.64. The number of ether oxygens (including phenoxy) is 1. The second kappa shape index (κ2) is 4.07. The first kappa shape index (κ1) is 9.01. The molecule has 1 heterocycles. The normalized spacial score (nSPS) is 32.7. The van der Waals surface area contributed by atoms with E-state index in [0.29, 0.717) is 0 Å². The van der Waals surface area contributed by atoms with Crippen molar-refractivity contribution in [3.8, 4) is 0 Å². The molecule has 2 nitrogen and oxygen atoms in total. The first-order valence-corrected chi connectivity index (χ1v) is 4.46. The molecule has 1 aliphatic rings. The molecule has 0 radical (unpaired) electrons. The summed E-state index contributed by atoms with van der Waals surface area (Å²) in [7, 11) is 0. The Labute approximate surface area is 68.6 Å². The summed E-state index contributed by atoms with van der Waals surface area (Å²) in [5, 5.41) is 8.87. The summed E-state index contributed by atoms with van der Waals surface area (Å²) in [5.74, 6) is 1.48. The quantitative estimate of drug-likeness (QED) is 0.658. The lowest BCUT2D eigenvalue weighted by molar-refractivity contribution is -0.0455. The lowest BCUT2D eigenvalue weighted by atomic mass is 9.86. The van der Waals surface area contributed by atoms with Gasteiger partial charge in [-0.15, -0.1) is 0 Å². The summed E-state index contributed by atoms with van der Waals surface area (Å²) in [4.78, 5) is 0. The van der Waals surface area contributed by atoms with Crippen molar-refractivity contribution in [2.75, 3.05) is 13.2 Å². The predicted octanol–water partition coefficient (Wildman–Crippen LogP) is 1.43. The maximum absolute atomic E-state index is 8.87. The molecule has 0 bridgehead atoms. The molecule has 1 saturated heterocycles. The van der Waals surface area contributed by atoms with Crippen LogP contribution in [0.15, 0.2) is 0 Å². The molecule has 0 spiro atoms. The van der Waals surface area contributed by atoms with E-state index in [1.807, 2.05) is 0 Å². The summed E-state index contributed by atoms with van der Waals surface area (Å²) >= 11 is 0. The van der Waals surface area contributed by atoms with Crippen LogP contribution in [0.25, 0.3) is 0 Å². The van der Waals surface area contributed by atoms with Gasteiger partial charge in [-0.1, -0.05) is 13.8 Å². The molecule has 0 saturated carbocycles. The number of hydrogen-bond donors (Lipinski definition) is 1. The van der Waals surface area contributed by atoms with Crippen LogP contribution in [0.4, 0.5) is 0 Å². The van der Waals surface area contributed by atoms with Crippen molar-refractivity contribution in [1.82, 2.24) is 0 Å². The lowest BCUT2D eigenvalue weighted by Gasteiger charge is -2.30. The van der Waals surface area contributed by atoms with E-state index in [9.17, 15) is 0 Å². The first-order valence-electron chi connectivity index (χ1n) is 4.46. The standard InChI is InChI=1S/C9H18O2/c1-7(2)8-3-4-11-9(5-8)6-10/h7-10H,3-6H2,1-2H3. The largest absolute Gasteiger partial charge is 0.394 e. The Morgan fingerprint density at radius 3 is 2.82 bits per heavy atom. The molecule has 2 atom stereocenters. The summed E-state index contributed by atoms with van der Waals surface area (Å²) in [5.41, 5.74) is 0. The third-order valence-corrected chi connectivity index (χ3v) is 2.55. The Morgan fingerprint density at radius 2 is 2.27 bits per heavy atom. The van der Waals surface area contributed by atoms with E-state index in [4.69, 9.17) is 9.84 Å². The van der Waals surface area contributed by atoms with Gasteiger partial charge in [0.1, 0.15) is 0 Å². The van der Waals surface area contributed by atoms with Crippen molar-refractivity contribution < 1.29 is 9.84 Å². The fourth-order valence-corrected chi connectivity index (χ4v) is 1.64. The van der Waals surface area contributed by atoms with E-state index in [-0.39, 0.29) is 12.7 Å². The van der Waals surface area contributed by atoms with Gasteiger partial charge < -0.3 is 9.84 Å². The Balaban J connectivity index is 2.33. The van der Waals surface area contributed by atoms with Crippen LogP contribution >= 0.6 is 0 Å². The Kier molecular flexibility index (Phi) is 3.34. The number of aliphatic hydroxyl groups excluding tert-OH is 1. The third-order valence-electron chi connectivity index (χ3n) is 2.55. The number of aliphatic hydroxyl groups is 1. The van der Waals surface area contributed by atoms with Crippen LogP contribution in [0.1, 0.15) is 26.7 Å². The fraction of sp³-hybridized carbons (Fsp3) is 1.00. The van der Waals surface area contributed by atoms with Gasteiger partial charge in [0.25, 0.3) is 0 Å². The van der Waals surface area contributed by atoms with Crippen LogP contribution in [0, 0.1) is 11.8 Å². The minimum absolute atomic E-state index is 0.108. The molecule has 0 aliphatic carbocycles. The Bertz CT molecular complexity index is 112. The van der Waals surface area contributed by atoms with Crippen molar-refractivity contribution in [2.24, 2.45) is 11.8 Å². The molecule has 11 heavy (non-hydrogen) atoms. The van der Waals surface area contributed by atoms with E-state index in [1.54, 1.807) is 0 Å². The molecule has 2 unspecified atom stereocenters. The molecule has 1 aliphatic heterocycles. The van der Waals surface area contributed by atoms with Crippen molar-refractivity contribution in [1.29, 1.82) is 0 Å². The van der Waals surface area contributed by atoms with Gasteiger partial charge >= 0.3 is 0 Å². The zero-order chi connectivity index (χ0) is 8.27. The van der Waals surface area contributed by atoms with E-state index in [1.165, 1.54) is 0 Å². The zero-order valence-electron chi connectivity index (χ0n) is 7.42. The topological polar surface area (TPSA) is 29.5 Å². The van der Waals surface area contributed by atoms with Crippen molar-refractivity contribution >= 4 is 0 Å². The SMILES string of the molecule is CC(C)C1CCOC(CO)C1. The van der Waals surface area contributed by atoms with Gasteiger partial charge in [0.15, 0.2) is 0 Å². The van der Waals surface area contributed by atoms with Gasteiger partial charge in [0, 0.05) is 6.61 Å². The van der Waals surface area contributed by atoms with Crippen LogP contribution in [0.2, 0.25) is 0 Å². The second-order valence-corrected chi connectivity index (χ2v) is 3.70. The average Bonchev–Trinajstić information content (AvgIpc) is 2.05. The molecular formula is C9H18O2. The van der Waals surface area contributed by atoms with Gasteiger partial charge in [-0.2, -0.15) is 0 Å². The Morgan fingerprint density at radius 1 is 1.55 bits per heavy atom. The smallest absolute Gasteiger partial charge is 0.0808 e. The molecule has 66 valence electrons. The van der Waals surface area contributed by atoms with Crippen molar-refractivity contribution in [2.45, 2.75) is 32.8 Å². The second-order valence-electron chi connectivity index (χ2n) is 3.70. The van der Waals surface area contributed by atoms with E-state index < -0.39 is 0 Å². The monoisotopic (exact) mass is 158 g/mol. The molecule has 1 rings (SSSR count). The first-order chi connectivity index (χ1) is 5.24. The third kappa shape index (κ3) is 2.46. The minimum Gasteiger partial charge on any atom is -0.394 e. The van der Waals surface area contributed by atoms with Crippen molar-refractivity contribution in [3.05, 3.63) is 0 Å². The summed E-state index contributed by atoms with van der Waals surface area (Å²) in [6.07, 6.45) is 2.30. The predicted molar refractivity (Wildman–Crippen MR) is 44.4 cm³/mol. The van der Waals surface area contributed by atoms with Crippen LogP contribution in [-0.2, 0) is 4.74 Å². The van der Waals surface area contributed by atoms with Gasteiger partial charge in [-0.05, 0) is 24.7 Å². The molecule has 0 aromatic heterocycles. The van der Waals surface area contributed by atoms with E-state index >= 15 is 0 Å². The van der Waals surface area contributed by atoms with Crippen molar-refractivity contribution in [3.63, 3.8) is 0 Å². The number of hydrogen-bond acceptors (Lipinski definition) is 2. The van der Waals surface area contributed by atoms with E-state index in [0.717, 1.165) is 31.3 Å². The van der Waals surface area contributed by atoms with E-state index in [2.05, 4.69) is 13.8 Å².